The van der Waals surface area contributed by atoms with Gasteiger partial charge >= 0.3 is 0 Å². The molecule has 4 heteroatoms. The van der Waals surface area contributed by atoms with Gasteiger partial charge in [-0.25, -0.2) is 0 Å². The van der Waals surface area contributed by atoms with E-state index in [0.29, 0.717) is 29.6 Å². The molecule has 0 radical (unpaired) electrons. The predicted molar refractivity (Wildman–Crippen MR) is 86.9 cm³/mol. The first-order chi connectivity index (χ1) is 10.6. The van der Waals surface area contributed by atoms with Crippen molar-refractivity contribution in [3.8, 4) is 5.75 Å². The molecule has 4 nitrogen and oxygen atoms in total. The number of hydrogen-bond acceptors (Lipinski definition) is 3. The molecule has 1 fully saturated rings. The Bertz CT molecular complexity index is 693. The van der Waals surface area contributed by atoms with Crippen molar-refractivity contribution >= 4 is 11.6 Å². The van der Waals surface area contributed by atoms with Crippen LogP contribution in [0, 0.1) is 6.92 Å². The normalized spacial score (nSPS) is 13.7. The van der Waals surface area contributed by atoms with Crippen LogP contribution in [-0.4, -0.2) is 11.9 Å². The number of rotatable bonds is 5. The Morgan fingerprint density at radius 3 is 2.77 bits per heavy atom. The summed E-state index contributed by atoms with van der Waals surface area (Å²) in [6.07, 6.45) is 2.13. The molecule has 114 valence electrons. The van der Waals surface area contributed by atoms with Crippen molar-refractivity contribution in [3.63, 3.8) is 0 Å². The fourth-order valence-corrected chi connectivity index (χ4v) is 2.22. The van der Waals surface area contributed by atoms with Gasteiger partial charge in [0.1, 0.15) is 12.4 Å². The van der Waals surface area contributed by atoms with Gasteiger partial charge in [0.05, 0.1) is 5.69 Å². The van der Waals surface area contributed by atoms with Gasteiger partial charge < -0.3 is 15.8 Å². The molecule has 0 heterocycles. The second kappa shape index (κ2) is 6.10. The van der Waals surface area contributed by atoms with Crippen LogP contribution in [0.15, 0.2) is 42.5 Å². The Kier molecular flexibility index (Phi) is 4.00. The van der Waals surface area contributed by atoms with Gasteiger partial charge in [-0.15, -0.1) is 0 Å². The maximum absolute atomic E-state index is 12.1. The van der Waals surface area contributed by atoms with Crippen LogP contribution in [0.4, 0.5) is 5.69 Å². The molecular weight excluding hydrogens is 276 g/mol. The van der Waals surface area contributed by atoms with Crippen molar-refractivity contribution in [2.75, 3.05) is 5.73 Å². The molecule has 1 saturated carbocycles. The van der Waals surface area contributed by atoms with Crippen LogP contribution in [-0.2, 0) is 6.61 Å². The molecule has 0 saturated heterocycles. The van der Waals surface area contributed by atoms with Gasteiger partial charge in [0.2, 0.25) is 0 Å². The molecule has 1 amide bonds. The summed E-state index contributed by atoms with van der Waals surface area (Å²) in [7, 11) is 0. The number of anilines is 1. The van der Waals surface area contributed by atoms with Crippen LogP contribution >= 0.6 is 0 Å². The average Bonchev–Trinajstić information content (AvgIpc) is 3.31. The van der Waals surface area contributed by atoms with Gasteiger partial charge in [-0.2, -0.15) is 0 Å². The highest BCUT2D eigenvalue weighted by Crippen LogP contribution is 2.25. The smallest absolute Gasteiger partial charge is 0.251 e. The molecule has 0 aliphatic heterocycles. The Hall–Kier alpha value is -2.49. The highest BCUT2D eigenvalue weighted by atomic mass is 16.5. The van der Waals surface area contributed by atoms with Gasteiger partial charge in [0, 0.05) is 11.6 Å². The van der Waals surface area contributed by atoms with E-state index in [-0.39, 0.29) is 5.91 Å². The minimum Gasteiger partial charge on any atom is -0.487 e. The second-order valence-corrected chi connectivity index (χ2v) is 5.72. The van der Waals surface area contributed by atoms with Gasteiger partial charge in [-0.3, -0.25) is 4.79 Å². The number of amides is 1. The first-order valence-electron chi connectivity index (χ1n) is 7.51. The van der Waals surface area contributed by atoms with E-state index in [1.54, 1.807) is 18.2 Å². The van der Waals surface area contributed by atoms with Crippen molar-refractivity contribution in [2.24, 2.45) is 0 Å². The van der Waals surface area contributed by atoms with Crippen LogP contribution in [0.2, 0.25) is 0 Å². The zero-order valence-corrected chi connectivity index (χ0v) is 12.6. The summed E-state index contributed by atoms with van der Waals surface area (Å²) in [4.78, 5) is 12.1. The molecule has 1 aliphatic rings. The Labute approximate surface area is 130 Å². The van der Waals surface area contributed by atoms with Crippen LogP contribution in [0.1, 0.15) is 34.3 Å². The SMILES string of the molecule is Cc1ccccc1COc1cc(C(=O)NC2CC2)ccc1N. The van der Waals surface area contributed by atoms with E-state index in [0.717, 1.165) is 18.4 Å². The largest absolute Gasteiger partial charge is 0.487 e. The molecule has 0 spiro atoms. The summed E-state index contributed by atoms with van der Waals surface area (Å²) >= 11 is 0. The number of nitrogen functional groups attached to an aromatic ring is 1. The topological polar surface area (TPSA) is 64.3 Å². The lowest BCUT2D eigenvalue weighted by molar-refractivity contribution is 0.0950. The highest BCUT2D eigenvalue weighted by Gasteiger charge is 2.24. The van der Waals surface area contributed by atoms with Gasteiger partial charge in [-0.1, -0.05) is 24.3 Å². The Morgan fingerprint density at radius 2 is 2.05 bits per heavy atom. The van der Waals surface area contributed by atoms with Crippen LogP contribution in [0.3, 0.4) is 0 Å². The number of nitrogens with one attached hydrogen (secondary N) is 1. The molecule has 2 aromatic carbocycles. The molecule has 0 aromatic heterocycles. The van der Waals surface area contributed by atoms with Gasteiger partial charge in [0.25, 0.3) is 5.91 Å². The highest BCUT2D eigenvalue weighted by molar-refractivity contribution is 5.95. The molecular formula is C18H20N2O2. The summed E-state index contributed by atoms with van der Waals surface area (Å²) in [6, 6.07) is 13.5. The Balaban J connectivity index is 1.72. The molecule has 0 atom stereocenters. The summed E-state index contributed by atoms with van der Waals surface area (Å²) in [5.41, 5.74) is 9.35. The van der Waals surface area contributed by atoms with Crippen molar-refractivity contribution in [1.82, 2.24) is 5.32 Å². The molecule has 3 N–H and O–H groups in total. The summed E-state index contributed by atoms with van der Waals surface area (Å²) in [5.74, 6) is 0.481. The van der Waals surface area contributed by atoms with Gasteiger partial charge in [-0.05, 0) is 49.1 Å². The fraction of sp³-hybridized carbons (Fsp3) is 0.278. The molecule has 1 aliphatic carbocycles. The van der Waals surface area contributed by atoms with E-state index in [1.165, 1.54) is 5.56 Å². The third kappa shape index (κ3) is 3.39. The van der Waals surface area contributed by atoms with Crippen molar-refractivity contribution in [2.45, 2.75) is 32.4 Å². The minimum atomic E-state index is -0.0664. The molecule has 3 rings (SSSR count). The number of ether oxygens (including phenoxy) is 1. The van der Waals surface area contributed by atoms with E-state index < -0.39 is 0 Å². The Morgan fingerprint density at radius 1 is 1.27 bits per heavy atom. The standard InChI is InChI=1S/C18H20N2O2/c1-12-4-2-3-5-14(12)11-22-17-10-13(6-9-16(17)19)18(21)20-15-7-8-15/h2-6,9-10,15H,7-8,11,19H2,1H3,(H,20,21). The second-order valence-electron chi connectivity index (χ2n) is 5.72. The number of carbonyl (C=O) groups is 1. The third-order valence-corrected chi connectivity index (χ3v) is 3.83. The van der Waals surface area contributed by atoms with Crippen LogP contribution in [0.5, 0.6) is 5.75 Å². The average molecular weight is 296 g/mol. The number of nitrogens with two attached hydrogens (primary N) is 1. The first-order valence-corrected chi connectivity index (χ1v) is 7.51. The lowest BCUT2D eigenvalue weighted by atomic mass is 10.1. The van der Waals surface area contributed by atoms with E-state index in [4.69, 9.17) is 10.5 Å². The maximum atomic E-state index is 12.1. The predicted octanol–water partition coefficient (Wildman–Crippen LogP) is 3.05. The lowest BCUT2D eigenvalue weighted by Crippen LogP contribution is -2.25. The van der Waals surface area contributed by atoms with Crippen molar-refractivity contribution in [1.29, 1.82) is 0 Å². The molecule has 0 unspecified atom stereocenters. The summed E-state index contributed by atoms with van der Waals surface area (Å²) in [5, 5.41) is 2.96. The quantitative estimate of drug-likeness (QED) is 0.834. The summed E-state index contributed by atoms with van der Waals surface area (Å²) < 4.78 is 5.81. The van der Waals surface area contributed by atoms with E-state index in [1.807, 2.05) is 31.2 Å². The zero-order valence-electron chi connectivity index (χ0n) is 12.6. The van der Waals surface area contributed by atoms with Crippen molar-refractivity contribution in [3.05, 3.63) is 59.2 Å². The first kappa shape index (κ1) is 14.4. The summed E-state index contributed by atoms with van der Waals surface area (Å²) in [6.45, 7) is 2.48. The number of hydrogen-bond donors (Lipinski definition) is 2. The van der Waals surface area contributed by atoms with E-state index in [2.05, 4.69) is 5.32 Å². The zero-order chi connectivity index (χ0) is 15.5. The minimum absolute atomic E-state index is 0.0664. The van der Waals surface area contributed by atoms with Crippen LogP contribution in [0.25, 0.3) is 0 Å². The number of benzene rings is 2. The lowest BCUT2D eigenvalue weighted by Gasteiger charge is -2.12. The van der Waals surface area contributed by atoms with Gasteiger partial charge in [0.15, 0.2) is 0 Å². The molecule has 22 heavy (non-hydrogen) atoms. The third-order valence-electron chi connectivity index (χ3n) is 3.83. The molecule has 2 aromatic rings. The monoisotopic (exact) mass is 296 g/mol. The number of carbonyl (C=O) groups excluding carboxylic acids is 1. The fourth-order valence-electron chi connectivity index (χ4n) is 2.22. The number of aryl methyl sites for hydroxylation is 1. The van der Waals surface area contributed by atoms with E-state index in [9.17, 15) is 4.79 Å². The van der Waals surface area contributed by atoms with E-state index >= 15 is 0 Å². The van der Waals surface area contributed by atoms with Crippen LogP contribution < -0.4 is 15.8 Å². The van der Waals surface area contributed by atoms with Crippen molar-refractivity contribution < 1.29 is 9.53 Å². The maximum Gasteiger partial charge on any atom is 0.251 e. The molecule has 0 bridgehead atoms.